The number of ether oxygens (including phenoxy) is 2. The van der Waals surface area contributed by atoms with Crippen molar-refractivity contribution in [2.24, 2.45) is 0 Å². The van der Waals surface area contributed by atoms with E-state index in [0.717, 1.165) is 17.0 Å². The highest BCUT2D eigenvalue weighted by atomic mass is 16.5. The Hall–Kier alpha value is -2.49. The third-order valence-electron chi connectivity index (χ3n) is 2.85. The van der Waals surface area contributed by atoms with Crippen molar-refractivity contribution in [3.63, 3.8) is 0 Å². The first-order valence-electron chi connectivity index (χ1n) is 6.28. The van der Waals surface area contributed by atoms with Gasteiger partial charge in [0.2, 0.25) is 5.91 Å². The molecule has 2 aromatic rings. The minimum absolute atomic E-state index is 0.0773. The van der Waals surface area contributed by atoms with Gasteiger partial charge in [-0.2, -0.15) is 0 Å². The maximum absolute atomic E-state index is 12.0. The van der Waals surface area contributed by atoms with Crippen LogP contribution in [0.4, 0.5) is 5.69 Å². The number of anilines is 1. The molecule has 0 atom stereocenters. The summed E-state index contributed by atoms with van der Waals surface area (Å²) < 4.78 is 10.3. The Labute approximate surface area is 118 Å². The molecule has 4 heteroatoms. The predicted octanol–water partition coefficient (Wildman–Crippen LogP) is 2.89. The Bertz CT molecular complexity index is 544. The summed E-state index contributed by atoms with van der Waals surface area (Å²) in [6, 6.07) is 14.7. The van der Waals surface area contributed by atoms with Crippen LogP contribution in [-0.4, -0.2) is 20.1 Å². The maximum Gasteiger partial charge on any atom is 0.228 e. The van der Waals surface area contributed by atoms with Crippen LogP contribution in [0.1, 0.15) is 5.56 Å². The van der Waals surface area contributed by atoms with Gasteiger partial charge in [-0.25, -0.2) is 0 Å². The van der Waals surface area contributed by atoms with Gasteiger partial charge in [-0.1, -0.05) is 18.2 Å². The van der Waals surface area contributed by atoms with Crippen LogP contribution in [0.15, 0.2) is 48.5 Å². The van der Waals surface area contributed by atoms with Gasteiger partial charge in [-0.05, 0) is 29.8 Å². The zero-order chi connectivity index (χ0) is 14.4. The molecule has 2 aromatic carbocycles. The fourth-order valence-electron chi connectivity index (χ4n) is 1.87. The Morgan fingerprint density at radius 1 is 1.00 bits per heavy atom. The van der Waals surface area contributed by atoms with E-state index in [0.29, 0.717) is 12.2 Å². The molecule has 0 saturated carbocycles. The Kier molecular flexibility index (Phi) is 4.60. The highest BCUT2D eigenvalue weighted by Crippen LogP contribution is 2.17. The second kappa shape index (κ2) is 6.61. The molecule has 2 rings (SSSR count). The molecule has 0 aliphatic rings. The molecule has 0 aliphatic heterocycles. The van der Waals surface area contributed by atoms with E-state index in [-0.39, 0.29) is 5.91 Å². The van der Waals surface area contributed by atoms with Gasteiger partial charge in [-0.3, -0.25) is 4.79 Å². The van der Waals surface area contributed by atoms with Crippen molar-refractivity contribution in [2.75, 3.05) is 19.5 Å². The maximum atomic E-state index is 12.0. The molecule has 0 spiro atoms. The van der Waals surface area contributed by atoms with Crippen LogP contribution in [-0.2, 0) is 11.2 Å². The quantitative estimate of drug-likeness (QED) is 0.909. The molecule has 0 bridgehead atoms. The number of nitrogens with one attached hydrogen (secondary N) is 1. The first-order chi connectivity index (χ1) is 9.71. The normalized spacial score (nSPS) is 9.90. The fourth-order valence-corrected chi connectivity index (χ4v) is 1.87. The van der Waals surface area contributed by atoms with Crippen LogP contribution in [0.5, 0.6) is 11.5 Å². The van der Waals surface area contributed by atoms with Crippen molar-refractivity contribution < 1.29 is 14.3 Å². The molecule has 0 unspecified atom stereocenters. The summed E-state index contributed by atoms with van der Waals surface area (Å²) in [6.45, 7) is 0. The van der Waals surface area contributed by atoms with E-state index in [4.69, 9.17) is 9.47 Å². The van der Waals surface area contributed by atoms with Crippen molar-refractivity contribution >= 4 is 11.6 Å². The molecule has 4 nitrogen and oxygen atoms in total. The molecule has 0 saturated heterocycles. The van der Waals surface area contributed by atoms with E-state index in [1.54, 1.807) is 20.3 Å². The molecule has 1 N–H and O–H groups in total. The minimum atomic E-state index is -0.0773. The first-order valence-corrected chi connectivity index (χ1v) is 6.28. The highest BCUT2D eigenvalue weighted by molar-refractivity contribution is 5.92. The molecule has 0 fully saturated rings. The zero-order valence-electron chi connectivity index (χ0n) is 11.6. The number of carbonyl (C=O) groups is 1. The van der Waals surface area contributed by atoms with E-state index >= 15 is 0 Å². The van der Waals surface area contributed by atoms with E-state index < -0.39 is 0 Å². The molecule has 1 amide bonds. The van der Waals surface area contributed by atoms with Gasteiger partial charge < -0.3 is 14.8 Å². The fraction of sp³-hybridized carbons (Fsp3) is 0.188. The lowest BCUT2D eigenvalue weighted by Gasteiger charge is -2.08. The second-order valence-electron chi connectivity index (χ2n) is 4.31. The topological polar surface area (TPSA) is 47.6 Å². The lowest BCUT2D eigenvalue weighted by molar-refractivity contribution is -0.115. The van der Waals surface area contributed by atoms with Crippen LogP contribution in [0.2, 0.25) is 0 Å². The third kappa shape index (κ3) is 3.75. The molecule has 104 valence electrons. The lowest BCUT2D eigenvalue weighted by Crippen LogP contribution is -2.14. The smallest absolute Gasteiger partial charge is 0.228 e. The van der Waals surface area contributed by atoms with Gasteiger partial charge >= 0.3 is 0 Å². The SMILES string of the molecule is COc1cccc(CC(=O)Nc2cccc(OC)c2)c1. The number of benzene rings is 2. The summed E-state index contributed by atoms with van der Waals surface area (Å²) in [5, 5.41) is 2.84. The molecule has 20 heavy (non-hydrogen) atoms. The van der Waals surface area contributed by atoms with Gasteiger partial charge in [0.1, 0.15) is 11.5 Å². The lowest BCUT2D eigenvalue weighted by atomic mass is 10.1. The van der Waals surface area contributed by atoms with E-state index in [2.05, 4.69) is 5.32 Å². The Morgan fingerprint density at radius 3 is 2.35 bits per heavy atom. The van der Waals surface area contributed by atoms with Crippen LogP contribution in [0.3, 0.4) is 0 Å². The van der Waals surface area contributed by atoms with Gasteiger partial charge in [0, 0.05) is 11.8 Å². The van der Waals surface area contributed by atoms with E-state index in [1.165, 1.54) is 0 Å². The largest absolute Gasteiger partial charge is 0.497 e. The average molecular weight is 271 g/mol. The predicted molar refractivity (Wildman–Crippen MR) is 78.3 cm³/mol. The number of carbonyl (C=O) groups excluding carboxylic acids is 1. The molecular formula is C16H17NO3. The second-order valence-corrected chi connectivity index (χ2v) is 4.31. The summed E-state index contributed by atoms with van der Waals surface area (Å²) in [5.41, 5.74) is 1.63. The molecule has 0 aromatic heterocycles. The number of methoxy groups -OCH3 is 2. The number of rotatable bonds is 5. The van der Waals surface area contributed by atoms with E-state index in [9.17, 15) is 4.79 Å². The van der Waals surface area contributed by atoms with Crippen LogP contribution < -0.4 is 14.8 Å². The minimum Gasteiger partial charge on any atom is -0.497 e. The summed E-state index contributed by atoms with van der Waals surface area (Å²) in [7, 11) is 3.20. The van der Waals surface area contributed by atoms with Gasteiger partial charge in [0.15, 0.2) is 0 Å². The molecule has 0 radical (unpaired) electrons. The Balaban J connectivity index is 2.01. The highest BCUT2D eigenvalue weighted by Gasteiger charge is 2.05. The Morgan fingerprint density at radius 2 is 1.65 bits per heavy atom. The van der Waals surface area contributed by atoms with Crippen molar-refractivity contribution in [1.29, 1.82) is 0 Å². The van der Waals surface area contributed by atoms with Crippen molar-refractivity contribution in [2.45, 2.75) is 6.42 Å². The van der Waals surface area contributed by atoms with Crippen LogP contribution >= 0.6 is 0 Å². The summed E-state index contributed by atoms with van der Waals surface area (Å²) in [6.07, 6.45) is 0.300. The van der Waals surface area contributed by atoms with Crippen LogP contribution in [0.25, 0.3) is 0 Å². The van der Waals surface area contributed by atoms with Crippen molar-refractivity contribution in [3.05, 3.63) is 54.1 Å². The number of amides is 1. The van der Waals surface area contributed by atoms with Gasteiger partial charge in [-0.15, -0.1) is 0 Å². The third-order valence-corrected chi connectivity index (χ3v) is 2.85. The monoisotopic (exact) mass is 271 g/mol. The van der Waals surface area contributed by atoms with Crippen molar-refractivity contribution in [1.82, 2.24) is 0 Å². The number of hydrogen-bond acceptors (Lipinski definition) is 3. The summed E-state index contributed by atoms with van der Waals surface area (Å²) >= 11 is 0. The summed E-state index contributed by atoms with van der Waals surface area (Å²) in [5.74, 6) is 1.38. The average Bonchev–Trinajstić information content (AvgIpc) is 2.47. The molecule has 0 aliphatic carbocycles. The molecule has 0 heterocycles. The molecular weight excluding hydrogens is 254 g/mol. The first kappa shape index (κ1) is 13.9. The van der Waals surface area contributed by atoms with Crippen LogP contribution in [0, 0.1) is 0 Å². The standard InChI is InChI=1S/C16H17NO3/c1-19-14-7-3-5-12(9-14)10-16(18)17-13-6-4-8-15(11-13)20-2/h3-9,11H,10H2,1-2H3,(H,17,18). The van der Waals surface area contributed by atoms with Gasteiger partial charge in [0.25, 0.3) is 0 Å². The van der Waals surface area contributed by atoms with E-state index in [1.807, 2.05) is 42.5 Å². The van der Waals surface area contributed by atoms with Gasteiger partial charge in [0.05, 0.1) is 20.6 Å². The number of hydrogen-bond donors (Lipinski definition) is 1. The summed E-state index contributed by atoms with van der Waals surface area (Å²) in [4.78, 5) is 12.0. The zero-order valence-corrected chi connectivity index (χ0v) is 11.6. The van der Waals surface area contributed by atoms with Crippen molar-refractivity contribution in [3.8, 4) is 11.5 Å².